The van der Waals surface area contributed by atoms with Crippen molar-refractivity contribution in [3.8, 4) is 10.6 Å². The van der Waals surface area contributed by atoms with Crippen LogP contribution in [0.2, 0.25) is 0 Å². The first kappa shape index (κ1) is 15.8. The van der Waals surface area contributed by atoms with Gasteiger partial charge in [-0.3, -0.25) is 4.79 Å². The number of thioether (sulfide) groups is 1. The molecule has 3 nitrogen and oxygen atoms in total. The minimum Gasteiger partial charge on any atom is -0.481 e. The summed E-state index contributed by atoms with van der Waals surface area (Å²) in [6, 6.07) is 5.94. The third-order valence-electron chi connectivity index (χ3n) is 2.48. The standard InChI is InChI=1S/C13H10F3NO2S2/c14-13(15,16)21-10-4-1-8(2-5-10)12-17-9(7-20-12)3-6-11(18)19/h1-2,4-5,7H,3,6H2,(H,18,19). The molecule has 1 heterocycles. The van der Waals surface area contributed by atoms with Gasteiger partial charge in [0.15, 0.2) is 0 Å². The van der Waals surface area contributed by atoms with E-state index in [1.54, 1.807) is 17.5 Å². The van der Waals surface area contributed by atoms with Crippen molar-refractivity contribution >= 4 is 29.1 Å². The summed E-state index contributed by atoms with van der Waals surface area (Å²) >= 11 is 1.18. The number of aliphatic carboxylic acids is 1. The van der Waals surface area contributed by atoms with Crippen molar-refractivity contribution in [2.75, 3.05) is 0 Å². The maximum absolute atomic E-state index is 12.2. The van der Waals surface area contributed by atoms with Crippen molar-refractivity contribution in [2.24, 2.45) is 0 Å². The molecule has 1 aromatic heterocycles. The molecule has 0 saturated carbocycles. The van der Waals surface area contributed by atoms with Crippen LogP contribution < -0.4 is 0 Å². The number of alkyl halides is 3. The molecule has 0 bridgehead atoms. The molecule has 112 valence electrons. The number of thiazole rings is 1. The van der Waals surface area contributed by atoms with Crippen LogP contribution in [0.25, 0.3) is 10.6 Å². The zero-order chi connectivity index (χ0) is 15.5. The van der Waals surface area contributed by atoms with Gasteiger partial charge in [-0.2, -0.15) is 13.2 Å². The van der Waals surface area contributed by atoms with Gasteiger partial charge in [0.25, 0.3) is 0 Å². The molecule has 21 heavy (non-hydrogen) atoms. The van der Waals surface area contributed by atoms with Gasteiger partial charge in [-0.25, -0.2) is 4.98 Å². The van der Waals surface area contributed by atoms with E-state index in [9.17, 15) is 18.0 Å². The van der Waals surface area contributed by atoms with Crippen LogP contribution >= 0.6 is 23.1 Å². The molecule has 0 aliphatic carbocycles. The Morgan fingerprint density at radius 2 is 1.95 bits per heavy atom. The van der Waals surface area contributed by atoms with Crippen LogP contribution in [-0.2, 0) is 11.2 Å². The molecule has 0 atom stereocenters. The Labute approximate surface area is 126 Å². The molecule has 1 N–H and O–H groups in total. The lowest BCUT2D eigenvalue weighted by molar-refractivity contribution is -0.136. The van der Waals surface area contributed by atoms with Crippen LogP contribution in [0.4, 0.5) is 13.2 Å². The van der Waals surface area contributed by atoms with Crippen LogP contribution in [0.3, 0.4) is 0 Å². The third kappa shape index (κ3) is 5.05. The summed E-state index contributed by atoms with van der Waals surface area (Å²) in [4.78, 5) is 14.9. The maximum Gasteiger partial charge on any atom is 0.446 e. The van der Waals surface area contributed by atoms with Gasteiger partial charge in [0, 0.05) is 22.3 Å². The molecule has 0 aliphatic rings. The Kier molecular flexibility index (Phi) is 4.89. The number of halogens is 3. The lowest BCUT2D eigenvalue weighted by Gasteiger charge is -2.05. The fourth-order valence-corrected chi connectivity index (χ4v) is 2.99. The molecule has 0 amide bonds. The zero-order valence-electron chi connectivity index (χ0n) is 10.6. The van der Waals surface area contributed by atoms with Gasteiger partial charge in [0.2, 0.25) is 0 Å². The maximum atomic E-state index is 12.2. The Balaban J connectivity index is 2.07. The fourth-order valence-electron chi connectivity index (χ4n) is 1.59. The molecule has 2 rings (SSSR count). The molecule has 0 unspecified atom stereocenters. The second-order valence-electron chi connectivity index (χ2n) is 4.11. The summed E-state index contributed by atoms with van der Waals surface area (Å²) in [6.07, 6.45) is 0.345. The van der Waals surface area contributed by atoms with E-state index in [1.807, 2.05) is 0 Å². The summed E-state index contributed by atoms with van der Waals surface area (Å²) in [6.45, 7) is 0. The highest BCUT2D eigenvalue weighted by Crippen LogP contribution is 2.37. The van der Waals surface area contributed by atoms with Gasteiger partial charge in [-0.15, -0.1) is 11.3 Å². The number of carboxylic acid groups (broad SMARTS) is 1. The van der Waals surface area contributed by atoms with E-state index in [-0.39, 0.29) is 23.1 Å². The largest absolute Gasteiger partial charge is 0.481 e. The van der Waals surface area contributed by atoms with Crippen molar-refractivity contribution in [1.29, 1.82) is 0 Å². The van der Waals surface area contributed by atoms with E-state index in [2.05, 4.69) is 4.98 Å². The predicted molar refractivity (Wildman–Crippen MR) is 75.4 cm³/mol. The highest BCUT2D eigenvalue weighted by molar-refractivity contribution is 8.00. The van der Waals surface area contributed by atoms with E-state index in [0.717, 1.165) is 0 Å². The average molecular weight is 333 g/mol. The van der Waals surface area contributed by atoms with E-state index in [1.165, 1.54) is 23.5 Å². The van der Waals surface area contributed by atoms with E-state index < -0.39 is 11.5 Å². The van der Waals surface area contributed by atoms with E-state index in [4.69, 9.17) is 5.11 Å². The van der Waals surface area contributed by atoms with Crippen molar-refractivity contribution in [2.45, 2.75) is 23.2 Å². The second-order valence-corrected chi connectivity index (χ2v) is 6.11. The van der Waals surface area contributed by atoms with Gasteiger partial charge in [-0.05, 0) is 23.9 Å². The lowest BCUT2D eigenvalue weighted by atomic mass is 10.2. The van der Waals surface area contributed by atoms with Gasteiger partial charge in [0.1, 0.15) is 5.01 Å². The van der Waals surface area contributed by atoms with E-state index >= 15 is 0 Å². The molecular weight excluding hydrogens is 323 g/mol. The zero-order valence-corrected chi connectivity index (χ0v) is 12.2. The van der Waals surface area contributed by atoms with E-state index in [0.29, 0.717) is 22.7 Å². The number of carbonyl (C=O) groups is 1. The molecule has 0 fully saturated rings. The average Bonchev–Trinajstić information content (AvgIpc) is 2.84. The quantitative estimate of drug-likeness (QED) is 0.822. The van der Waals surface area contributed by atoms with Crippen LogP contribution in [-0.4, -0.2) is 21.6 Å². The molecule has 0 radical (unpaired) electrons. The monoisotopic (exact) mass is 333 g/mol. The number of hydrogen-bond acceptors (Lipinski definition) is 4. The minimum absolute atomic E-state index is 0.00430. The van der Waals surface area contributed by atoms with Crippen molar-refractivity contribution in [1.82, 2.24) is 4.98 Å². The lowest BCUT2D eigenvalue weighted by Crippen LogP contribution is -1.98. The van der Waals surface area contributed by atoms with Crippen LogP contribution in [0.1, 0.15) is 12.1 Å². The number of carboxylic acids is 1. The molecule has 8 heteroatoms. The number of benzene rings is 1. The first-order valence-corrected chi connectivity index (χ1v) is 7.55. The molecule has 0 spiro atoms. The number of nitrogens with zero attached hydrogens (tertiary/aromatic N) is 1. The summed E-state index contributed by atoms with van der Waals surface area (Å²) in [5, 5.41) is 11.0. The normalized spacial score (nSPS) is 11.6. The Morgan fingerprint density at radius 1 is 1.29 bits per heavy atom. The number of aryl methyl sites for hydroxylation is 1. The van der Waals surface area contributed by atoms with Crippen molar-refractivity contribution < 1.29 is 23.1 Å². The third-order valence-corrected chi connectivity index (χ3v) is 4.16. The fraction of sp³-hybridized carbons (Fsp3) is 0.231. The number of aromatic nitrogens is 1. The SMILES string of the molecule is O=C(O)CCc1csc(-c2ccc(SC(F)(F)F)cc2)n1. The first-order chi connectivity index (χ1) is 9.83. The Hall–Kier alpha value is -1.54. The van der Waals surface area contributed by atoms with Crippen molar-refractivity contribution in [3.05, 3.63) is 35.3 Å². The summed E-state index contributed by atoms with van der Waals surface area (Å²) in [5.41, 5.74) is -2.91. The van der Waals surface area contributed by atoms with Crippen LogP contribution in [0, 0.1) is 0 Å². The molecule has 0 aliphatic heterocycles. The smallest absolute Gasteiger partial charge is 0.446 e. The van der Waals surface area contributed by atoms with Crippen molar-refractivity contribution in [3.63, 3.8) is 0 Å². The highest BCUT2D eigenvalue weighted by Gasteiger charge is 2.29. The Bertz CT molecular complexity index is 623. The van der Waals surface area contributed by atoms with Crippen LogP contribution in [0.15, 0.2) is 34.5 Å². The minimum atomic E-state index is -4.30. The Morgan fingerprint density at radius 3 is 2.52 bits per heavy atom. The highest BCUT2D eigenvalue weighted by atomic mass is 32.2. The summed E-state index contributed by atoms with van der Waals surface area (Å²) in [7, 11) is 0. The second kappa shape index (κ2) is 6.48. The number of rotatable bonds is 5. The molecule has 2 aromatic rings. The van der Waals surface area contributed by atoms with Gasteiger partial charge in [-0.1, -0.05) is 12.1 Å². The summed E-state index contributed by atoms with van der Waals surface area (Å²) < 4.78 is 36.7. The first-order valence-electron chi connectivity index (χ1n) is 5.86. The molecular formula is C13H10F3NO2S2. The van der Waals surface area contributed by atoms with Gasteiger partial charge >= 0.3 is 11.5 Å². The van der Waals surface area contributed by atoms with Gasteiger partial charge in [0.05, 0.1) is 12.1 Å². The molecule has 0 saturated heterocycles. The van der Waals surface area contributed by atoms with Crippen LogP contribution in [0.5, 0.6) is 0 Å². The predicted octanol–water partition coefficient (Wildman–Crippen LogP) is 4.44. The topological polar surface area (TPSA) is 50.2 Å². The molecule has 1 aromatic carbocycles. The van der Waals surface area contributed by atoms with Gasteiger partial charge < -0.3 is 5.11 Å². The number of hydrogen-bond donors (Lipinski definition) is 1. The summed E-state index contributed by atoms with van der Waals surface area (Å²) in [5.74, 6) is -0.891.